The summed E-state index contributed by atoms with van der Waals surface area (Å²) in [6, 6.07) is 7.53. The summed E-state index contributed by atoms with van der Waals surface area (Å²) >= 11 is 3.41. The monoisotopic (exact) mass is 337 g/mol. The number of nitrogens with zero attached hydrogens (tertiary/aromatic N) is 3. The Kier molecular flexibility index (Phi) is 5.11. The summed E-state index contributed by atoms with van der Waals surface area (Å²) < 4.78 is 2.54. The first kappa shape index (κ1) is 14.5. The summed E-state index contributed by atoms with van der Waals surface area (Å²) in [4.78, 5) is 15.7. The van der Waals surface area contributed by atoms with Crippen LogP contribution in [0.3, 0.4) is 0 Å². The molecule has 1 aromatic carbocycles. The lowest BCUT2D eigenvalue weighted by Gasteiger charge is -2.12. The number of carbonyl (C=O) groups is 1. The van der Waals surface area contributed by atoms with Gasteiger partial charge in [-0.3, -0.25) is 4.79 Å². The Bertz CT molecular complexity index is 558. The molecule has 2 rings (SSSR count). The predicted molar refractivity (Wildman–Crippen MR) is 80.4 cm³/mol. The molecular weight excluding hydrogens is 322 g/mol. The van der Waals surface area contributed by atoms with Crippen LogP contribution >= 0.6 is 15.9 Å². The molecule has 0 unspecified atom stereocenters. The van der Waals surface area contributed by atoms with E-state index in [2.05, 4.69) is 36.6 Å². The molecule has 0 radical (unpaired) electrons. The minimum absolute atomic E-state index is 0.0773. The number of carbonyl (C=O) groups excluding carboxylic acids is 1. The van der Waals surface area contributed by atoms with Crippen LogP contribution < -0.4 is 10.6 Å². The lowest BCUT2D eigenvalue weighted by Crippen LogP contribution is -2.34. The van der Waals surface area contributed by atoms with Gasteiger partial charge in [0.25, 0.3) is 0 Å². The SMILES string of the molecule is C[C@H](C(=O)NCCNc1cccc(Br)c1)n1cncn1. The van der Waals surface area contributed by atoms with E-state index in [1.807, 2.05) is 24.3 Å². The Hall–Kier alpha value is -1.89. The number of hydrogen-bond donors (Lipinski definition) is 2. The number of amides is 1. The molecular formula is C13H16BrN5O. The minimum atomic E-state index is -0.358. The van der Waals surface area contributed by atoms with Crippen LogP contribution in [0.4, 0.5) is 5.69 Å². The van der Waals surface area contributed by atoms with Crippen molar-refractivity contribution < 1.29 is 4.79 Å². The number of rotatable bonds is 6. The number of benzene rings is 1. The zero-order valence-electron chi connectivity index (χ0n) is 11.1. The van der Waals surface area contributed by atoms with Gasteiger partial charge in [-0.1, -0.05) is 22.0 Å². The molecule has 0 saturated heterocycles. The van der Waals surface area contributed by atoms with E-state index < -0.39 is 0 Å². The molecule has 7 heteroatoms. The van der Waals surface area contributed by atoms with Crippen molar-refractivity contribution in [2.45, 2.75) is 13.0 Å². The Morgan fingerprint density at radius 1 is 1.45 bits per heavy atom. The second-order valence-electron chi connectivity index (χ2n) is 4.28. The fraction of sp³-hybridized carbons (Fsp3) is 0.308. The van der Waals surface area contributed by atoms with Gasteiger partial charge in [-0.2, -0.15) is 5.10 Å². The molecule has 1 amide bonds. The summed E-state index contributed by atoms with van der Waals surface area (Å²) in [6.07, 6.45) is 2.95. The van der Waals surface area contributed by atoms with Gasteiger partial charge in [-0.25, -0.2) is 9.67 Å². The van der Waals surface area contributed by atoms with E-state index in [0.717, 1.165) is 10.2 Å². The van der Waals surface area contributed by atoms with Crippen LogP contribution in [0.2, 0.25) is 0 Å². The van der Waals surface area contributed by atoms with E-state index in [-0.39, 0.29) is 11.9 Å². The molecule has 0 aliphatic heterocycles. The van der Waals surface area contributed by atoms with Crippen molar-refractivity contribution >= 4 is 27.5 Å². The molecule has 0 aliphatic carbocycles. The average molecular weight is 338 g/mol. The molecule has 6 nitrogen and oxygen atoms in total. The topological polar surface area (TPSA) is 71.8 Å². The van der Waals surface area contributed by atoms with Gasteiger partial charge in [0, 0.05) is 23.2 Å². The minimum Gasteiger partial charge on any atom is -0.383 e. The molecule has 0 bridgehead atoms. The molecule has 1 heterocycles. The van der Waals surface area contributed by atoms with Gasteiger partial charge < -0.3 is 10.6 Å². The van der Waals surface area contributed by atoms with Crippen LogP contribution in [0.5, 0.6) is 0 Å². The summed E-state index contributed by atoms with van der Waals surface area (Å²) in [5, 5.41) is 10.0. The lowest BCUT2D eigenvalue weighted by atomic mass is 10.3. The van der Waals surface area contributed by atoms with E-state index in [1.165, 1.54) is 17.3 Å². The van der Waals surface area contributed by atoms with E-state index in [4.69, 9.17) is 0 Å². The van der Waals surface area contributed by atoms with Crippen molar-refractivity contribution in [1.82, 2.24) is 20.1 Å². The number of halogens is 1. The van der Waals surface area contributed by atoms with E-state index in [9.17, 15) is 4.79 Å². The molecule has 1 atom stereocenters. The molecule has 1 aromatic heterocycles. The number of anilines is 1. The summed E-state index contributed by atoms with van der Waals surface area (Å²) in [5.74, 6) is -0.0773. The fourth-order valence-electron chi connectivity index (χ4n) is 1.68. The smallest absolute Gasteiger partial charge is 0.244 e. The predicted octanol–water partition coefficient (Wildman–Crippen LogP) is 1.83. The molecule has 106 valence electrons. The van der Waals surface area contributed by atoms with Gasteiger partial charge in [-0.15, -0.1) is 0 Å². The van der Waals surface area contributed by atoms with E-state index in [1.54, 1.807) is 6.92 Å². The third-order valence-electron chi connectivity index (χ3n) is 2.79. The molecule has 0 spiro atoms. The molecule has 20 heavy (non-hydrogen) atoms. The Labute approximate surface area is 125 Å². The van der Waals surface area contributed by atoms with Crippen LogP contribution in [0, 0.1) is 0 Å². The maximum absolute atomic E-state index is 11.9. The number of aromatic nitrogens is 3. The molecule has 0 aliphatic rings. The lowest BCUT2D eigenvalue weighted by molar-refractivity contribution is -0.124. The Morgan fingerprint density at radius 2 is 2.30 bits per heavy atom. The molecule has 2 N–H and O–H groups in total. The Balaban J connectivity index is 1.72. The third-order valence-corrected chi connectivity index (χ3v) is 3.28. The summed E-state index contributed by atoms with van der Waals surface area (Å²) in [7, 11) is 0. The van der Waals surface area contributed by atoms with E-state index in [0.29, 0.717) is 13.1 Å². The Morgan fingerprint density at radius 3 is 3.00 bits per heavy atom. The number of nitrogens with one attached hydrogen (secondary N) is 2. The van der Waals surface area contributed by atoms with Crippen molar-refractivity contribution in [2.75, 3.05) is 18.4 Å². The molecule has 2 aromatic rings. The highest BCUT2D eigenvalue weighted by Gasteiger charge is 2.14. The van der Waals surface area contributed by atoms with Gasteiger partial charge >= 0.3 is 0 Å². The first-order chi connectivity index (χ1) is 9.66. The van der Waals surface area contributed by atoms with Crippen LogP contribution in [0.15, 0.2) is 41.4 Å². The zero-order valence-corrected chi connectivity index (χ0v) is 12.7. The molecule has 0 saturated carbocycles. The number of hydrogen-bond acceptors (Lipinski definition) is 4. The summed E-state index contributed by atoms with van der Waals surface area (Å²) in [5.41, 5.74) is 1.01. The maximum atomic E-state index is 11.9. The second-order valence-corrected chi connectivity index (χ2v) is 5.20. The largest absolute Gasteiger partial charge is 0.383 e. The van der Waals surface area contributed by atoms with Crippen molar-refractivity contribution in [1.29, 1.82) is 0 Å². The first-order valence-corrected chi connectivity index (χ1v) is 7.07. The van der Waals surface area contributed by atoms with Gasteiger partial charge in [0.05, 0.1) is 0 Å². The quantitative estimate of drug-likeness (QED) is 0.789. The fourth-order valence-corrected chi connectivity index (χ4v) is 2.08. The van der Waals surface area contributed by atoms with Crippen LogP contribution in [0.1, 0.15) is 13.0 Å². The highest BCUT2D eigenvalue weighted by atomic mass is 79.9. The van der Waals surface area contributed by atoms with Crippen LogP contribution in [-0.4, -0.2) is 33.8 Å². The average Bonchev–Trinajstić information content (AvgIpc) is 2.96. The van der Waals surface area contributed by atoms with Gasteiger partial charge in [0.2, 0.25) is 5.91 Å². The van der Waals surface area contributed by atoms with Crippen molar-refractivity contribution in [3.8, 4) is 0 Å². The zero-order chi connectivity index (χ0) is 14.4. The normalized spacial score (nSPS) is 11.9. The summed E-state index contributed by atoms with van der Waals surface area (Å²) in [6.45, 7) is 2.99. The maximum Gasteiger partial charge on any atom is 0.244 e. The van der Waals surface area contributed by atoms with E-state index >= 15 is 0 Å². The van der Waals surface area contributed by atoms with Crippen molar-refractivity contribution in [3.63, 3.8) is 0 Å². The van der Waals surface area contributed by atoms with Crippen LogP contribution in [0.25, 0.3) is 0 Å². The van der Waals surface area contributed by atoms with Crippen molar-refractivity contribution in [2.24, 2.45) is 0 Å². The van der Waals surface area contributed by atoms with Gasteiger partial charge in [0.15, 0.2) is 0 Å². The second kappa shape index (κ2) is 7.04. The first-order valence-electron chi connectivity index (χ1n) is 6.28. The standard InChI is InChI=1S/C13H16BrN5O/c1-10(19-9-15-8-18-19)13(20)17-6-5-16-12-4-2-3-11(14)7-12/h2-4,7-10,16H,5-6H2,1H3,(H,17,20)/t10-/m1/s1. The highest BCUT2D eigenvalue weighted by Crippen LogP contribution is 2.15. The van der Waals surface area contributed by atoms with Gasteiger partial charge in [0.1, 0.15) is 18.7 Å². The van der Waals surface area contributed by atoms with Crippen molar-refractivity contribution in [3.05, 3.63) is 41.4 Å². The van der Waals surface area contributed by atoms with Crippen LogP contribution in [-0.2, 0) is 4.79 Å². The molecule has 0 fully saturated rings. The highest BCUT2D eigenvalue weighted by molar-refractivity contribution is 9.10. The third kappa shape index (κ3) is 4.06. The van der Waals surface area contributed by atoms with Gasteiger partial charge in [-0.05, 0) is 25.1 Å².